The molecular weight excluding hydrogens is 182 g/mol. The van der Waals surface area contributed by atoms with E-state index in [1.165, 1.54) is 7.11 Å². The molecule has 0 aromatic carbocycles. The molecule has 1 rings (SSSR count). The summed E-state index contributed by atoms with van der Waals surface area (Å²) in [5.74, 6) is -0.187. The number of hydrogen-bond donors (Lipinski definition) is 1. The van der Waals surface area contributed by atoms with Gasteiger partial charge in [0.2, 0.25) is 0 Å². The monoisotopic (exact) mass is 195 g/mol. The third-order valence-electron chi connectivity index (χ3n) is 1.64. The van der Waals surface area contributed by atoms with Crippen molar-refractivity contribution in [3.8, 4) is 0 Å². The van der Waals surface area contributed by atoms with Crippen LogP contribution in [0, 0.1) is 0 Å². The van der Waals surface area contributed by atoms with E-state index in [1.807, 2.05) is 0 Å². The van der Waals surface area contributed by atoms with Crippen LogP contribution >= 0.6 is 12.4 Å². The van der Waals surface area contributed by atoms with Crippen molar-refractivity contribution in [2.45, 2.75) is 12.5 Å². The lowest BCUT2D eigenvalue weighted by Gasteiger charge is -2.22. The van der Waals surface area contributed by atoms with Crippen LogP contribution in [0.1, 0.15) is 6.42 Å². The molecule has 1 atom stereocenters. The first-order valence-electron chi connectivity index (χ1n) is 3.71. The summed E-state index contributed by atoms with van der Waals surface area (Å²) in [7, 11) is 1.39. The molecule has 0 saturated carbocycles. The van der Waals surface area contributed by atoms with E-state index in [0.29, 0.717) is 13.0 Å². The van der Waals surface area contributed by atoms with Crippen LogP contribution in [0.5, 0.6) is 0 Å². The number of carbonyl (C=O) groups excluding carboxylic acids is 1. The minimum atomic E-state index is -0.187. The van der Waals surface area contributed by atoms with Crippen LogP contribution in [-0.2, 0) is 14.3 Å². The van der Waals surface area contributed by atoms with Crippen molar-refractivity contribution in [3.63, 3.8) is 0 Å². The molecule has 1 fully saturated rings. The predicted octanol–water partition coefficient (Wildman–Crippen LogP) is -0.0403. The molecule has 0 aromatic heterocycles. The van der Waals surface area contributed by atoms with Gasteiger partial charge in [-0.2, -0.15) is 0 Å². The number of morpholine rings is 1. The lowest BCUT2D eigenvalue weighted by atomic mass is 10.2. The quantitative estimate of drug-likeness (QED) is 0.629. The predicted molar refractivity (Wildman–Crippen MR) is 46.5 cm³/mol. The normalized spacial score (nSPS) is 22.6. The highest BCUT2D eigenvalue weighted by atomic mass is 35.5. The molecule has 0 radical (unpaired) electrons. The molecule has 12 heavy (non-hydrogen) atoms. The largest absolute Gasteiger partial charge is 0.469 e. The average Bonchev–Trinajstić information content (AvgIpc) is 2.06. The van der Waals surface area contributed by atoms with Crippen molar-refractivity contribution in [2.24, 2.45) is 0 Å². The van der Waals surface area contributed by atoms with Gasteiger partial charge in [-0.15, -0.1) is 12.4 Å². The maximum Gasteiger partial charge on any atom is 0.307 e. The lowest BCUT2D eigenvalue weighted by molar-refractivity contribution is -0.141. The average molecular weight is 196 g/mol. The molecule has 1 aliphatic heterocycles. The molecule has 1 heterocycles. The van der Waals surface area contributed by atoms with Crippen molar-refractivity contribution in [1.29, 1.82) is 0 Å². The molecule has 0 aromatic rings. The van der Waals surface area contributed by atoms with Crippen LogP contribution in [0.2, 0.25) is 0 Å². The van der Waals surface area contributed by atoms with Gasteiger partial charge in [0, 0.05) is 12.6 Å². The molecule has 0 amide bonds. The summed E-state index contributed by atoms with van der Waals surface area (Å²) in [4.78, 5) is 10.8. The van der Waals surface area contributed by atoms with Crippen LogP contribution in [0.4, 0.5) is 0 Å². The molecular formula is C7H14ClNO3. The van der Waals surface area contributed by atoms with Gasteiger partial charge in [0.25, 0.3) is 0 Å². The van der Waals surface area contributed by atoms with Crippen LogP contribution in [0.15, 0.2) is 0 Å². The molecule has 4 nitrogen and oxygen atoms in total. The number of ether oxygens (including phenoxy) is 2. The van der Waals surface area contributed by atoms with E-state index in [-0.39, 0.29) is 24.4 Å². The smallest absolute Gasteiger partial charge is 0.307 e. The van der Waals surface area contributed by atoms with Crippen LogP contribution in [-0.4, -0.2) is 38.9 Å². The first kappa shape index (κ1) is 11.7. The lowest BCUT2D eigenvalue weighted by Crippen LogP contribution is -2.42. The molecule has 0 spiro atoms. The van der Waals surface area contributed by atoms with Crippen molar-refractivity contribution in [2.75, 3.05) is 26.9 Å². The van der Waals surface area contributed by atoms with Gasteiger partial charge in [0.1, 0.15) is 0 Å². The number of rotatable bonds is 2. The topological polar surface area (TPSA) is 47.6 Å². The Morgan fingerprint density at radius 1 is 1.75 bits per heavy atom. The highest BCUT2D eigenvalue weighted by Gasteiger charge is 2.16. The summed E-state index contributed by atoms with van der Waals surface area (Å²) in [5.41, 5.74) is 0. The second-order valence-corrected chi connectivity index (χ2v) is 2.51. The molecule has 0 unspecified atom stereocenters. The molecule has 1 saturated heterocycles. The zero-order valence-corrected chi connectivity index (χ0v) is 7.86. The van der Waals surface area contributed by atoms with Crippen molar-refractivity contribution < 1.29 is 14.3 Å². The fourth-order valence-electron chi connectivity index (χ4n) is 1.04. The third-order valence-corrected chi connectivity index (χ3v) is 1.64. The Labute approximate surface area is 78.0 Å². The highest BCUT2D eigenvalue weighted by molar-refractivity contribution is 5.85. The van der Waals surface area contributed by atoms with Crippen LogP contribution < -0.4 is 5.32 Å². The number of halogens is 1. The van der Waals surface area contributed by atoms with E-state index in [9.17, 15) is 4.79 Å². The van der Waals surface area contributed by atoms with Gasteiger partial charge in [-0.05, 0) is 0 Å². The first-order chi connectivity index (χ1) is 5.33. The second kappa shape index (κ2) is 6.22. The Balaban J connectivity index is 0.00000121. The summed E-state index contributed by atoms with van der Waals surface area (Å²) in [6.07, 6.45) is 0.399. The third kappa shape index (κ3) is 3.90. The first-order valence-corrected chi connectivity index (χ1v) is 3.71. The maximum atomic E-state index is 10.8. The molecule has 0 bridgehead atoms. The Hall–Kier alpha value is -0.320. The standard InChI is InChI=1S/C7H13NO3.ClH/c1-10-7(9)4-6-5-11-3-2-8-6;/h6,8H,2-5H2,1H3;1H/t6-;/m1./s1. The summed E-state index contributed by atoms with van der Waals surface area (Å²) in [5, 5.41) is 3.16. The van der Waals surface area contributed by atoms with E-state index in [2.05, 4.69) is 10.1 Å². The number of nitrogens with one attached hydrogen (secondary N) is 1. The minimum absolute atomic E-state index is 0. The summed E-state index contributed by atoms with van der Waals surface area (Å²) < 4.78 is 9.68. The van der Waals surface area contributed by atoms with Gasteiger partial charge in [-0.3, -0.25) is 4.79 Å². The van der Waals surface area contributed by atoms with Gasteiger partial charge in [-0.1, -0.05) is 0 Å². The Bertz CT molecular complexity index is 137. The fourth-order valence-corrected chi connectivity index (χ4v) is 1.04. The van der Waals surface area contributed by atoms with Gasteiger partial charge >= 0.3 is 5.97 Å². The van der Waals surface area contributed by atoms with Crippen LogP contribution in [0.3, 0.4) is 0 Å². The van der Waals surface area contributed by atoms with Gasteiger partial charge in [0.05, 0.1) is 26.7 Å². The maximum absolute atomic E-state index is 10.8. The number of carbonyl (C=O) groups is 1. The number of hydrogen-bond acceptors (Lipinski definition) is 4. The van der Waals surface area contributed by atoms with Crippen LogP contribution in [0.25, 0.3) is 0 Å². The molecule has 72 valence electrons. The van der Waals surface area contributed by atoms with Gasteiger partial charge < -0.3 is 14.8 Å². The van der Waals surface area contributed by atoms with Gasteiger partial charge in [0.15, 0.2) is 0 Å². The van der Waals surface area contributed by atoms with Crippen molar-refractivity contribution >= 4 is 18.4 Å². The summed E-state index contributed by atoms with van der Waals surface area (Å²) >= 11 is 0. The van der Waals surface area contributed by atoms with Crippen molar-refractivity contribution in [3.05, 3.63) is 0 Å². The minimum Gasteiger partial charge on any atom is -0.469 e. The molecule has 0 aliphatic carbocycles. The Morgan fingerprint density at radius 3 is 3.00 bits per heavy atom. The zero-order chi connectivity index (χ0) is 8.10. The van der Waals surface area contributed by atoms with E-state index >= 15 is 0 Å². The van der Waals surface area contributed by atoms with E-state index in [1.54, 1.807) is 0 Å². The van der Waals surface area contributed by atoms with Gasteiger partial charge in [-0.25, -0.2) is 0 Å². The highest BCUT2D eigenvalue weighted by Crippen LogP contribution is 1.98. The molecule has 1 aliphatic rings. The van der Waals surface area contributed by atoms with E-state index in [4.69, 9.17) is 4.74 Å². The number of methoxy groups -OCH3 is 1. The Kier molecular flexibility index (Phi) is 6.06. The van der Waals surface area contributed by atoms with E-state index < -0.39 is 0 Å². The fraction of sp³-hybridized carbons (Fsp3) is 0.857. The zero-order valence-electron chi connectivity index (χ0n) is 7.04. The van der Waals surface area contributed by atoms with Crippen molar-refractivity contribution in [1.82, 2.24) is 5.32 Å². The number of esters is 1. The molecule has 1 N–H and O–H groups in total. The summed E-state index contributed by atoms with van der Waals surface area (Å²) in [6, 6.07) is 0.135. The molecule has 5 heteroatoms. The second-order valence-electron chi connectivity index (χ2n) is 2.51. The summed E-state index contributed by atoms with van der Waals surface area (Å²) in [6.45, 7) is 2.16. The van der Waals surface area contributed by atoms with E-state index in [0.717, 1.165) is 13.2 Å². The SMILES string of the molecule is COC(=O)C[C@@H]1COCCN1.Cl. The Morgan fingerprint density at radius 2 is 2.50 bits per heavy atom.